The van der Waals surface area contributed by atoms with Gasteiger partial charge < -0.3 is 10.6 Å². The van der Waals surface area contributed by atoms with Gasteiger partial charge in [-0.15, -0.1) is 0 Å². The Balaban J connectivity index is 1.38. The molecule has 1 aliphatic carbocycles. The lowest BCUT2D eigenvalue weighted by molar-refractivity contribution is -0.115. The number of carbonyl (C=O) groups excluding carboxylic acids is 1. The van der Waals surface area contributed by atoms with E-state index in [2.05, 4.69) is 35.7 Å². The minimum absolute atomic E-state index is 0.238. The number of amidine groups is 1. The Kier molecular flexibility index (Phi) is 6.20. The zero-order valence-electron chi connectivity index (χ0n) is 18.3. The SMILES string of the molecule is Cc1cc(-c2ncnc(Nc3cnn(C)c3)n2)ccc1CNC(=O)C(=N)N=CC1(CF)CC1. The number of rotatable bonds is 7. The molecule has 1 fully saturated rings. The van der Waals surface area contributed by atoms with Gasteiger partial charge in [-0.3, -0.25) is 19.3 Å². The summed E-state index contributed by atoms with van der Waals surface area (Å²) < 4.78 is 14.6. The summed E-state index contributed by atoms with van der Waals surface area (Å²) in [5, 5.41) is 17.6. The number of hydrogen-bond donors (Lipinski definition) is 3. The molecular weight excluding hydrogens is 425 g/mol. The van der Waals surface area contributed by atoms with Crippen LogP contribution < -0.4 is 10.6 Å². The molecule has 10 nitrogen and oxygen atoms in total. The van der Waals surface area contributed by atoms with E-state index in [1.54, 1.807) is 10.9 Å². The molecule has 11 heteroatoms. The highest BCUT2D eigenvalue weighted by atomic mass is 19.1. The molecular formula is C22H24FN9O. The maximum Gasteiger partial charge on any atom is 0.288 e. The molecule has 1 aromatic carbocycles. The Morgan fingerprint density at radius 3 is 2.85 bits per heavy atom. The topological polar surface area (TPSA) is 134 Å². The van der Waals surface area contributed by atoms with Gasteiger partial charge in [-0.2, -0.15) is 10.1 Å². The van der Waals surface area contributed by atoms with E-state index in [9.17, 15) is 9.18 Å². The molecule has 0 atom stereocenters. The summed E-state index contributed by atoms with van der Waals surface area (Å²) >= 11 is 0. The van der Waals surface area contributed by atoms with Gasteiger partial charge in [0.1, 0.15) is 6.33 Å². The van der Waals surface area contributed by atoms with Gasteiger partial charge in [0.15, 0.2) is 5.82 Å². The fourth-order valence-corrected chi connectivity index (χ4v) is 3.12. The summed E-state index contributed by atoms with van der Waals surface area (Å²) in [6, 6.07) is 5.66. The van der Waals surface area contributed by atoms with Gasteiger partial charge in [-0.05, 0) is 37.0 Å². The molecule has 1 amide bonds. The Labute approximate surface area is 189 Å². The highest BCUT2D eigenvalue weighted by molar-refractivity contribution is 6.38. The fraction of sp³-hybridized carbons (Fsp3) is 0.318. The number of hydrogen-bond acceptors (Lipinski definition) is 7. The van der Waals surface area contributed by atoms with Gasteiger partial charge in [0, 0.05) is 37.0 Å². The first-order valence-electron chi connectivity index (χ1n) is 10.4. The van der Waals surface area contributed by atoms with E-state index in [1.807, 2.05) is 38.4 Å². The minimum Gasteiger partial charge on any atom is -0.345 e. The van der Waals surface area contributed by atoms with Crippen LogP contribution in [-0.2, 0) is 18.4 Å². The number of nitrogens with one attached hydrogen (secondary N) is 3. The van der Waals surface area contributed by atoms with Crippen LogP contribution in [0.1, 0.15) is 24.0 Å². The van der Waals surface area contributed by atoms with Crippen LogP contribution in [0, 0.1) is 17.7 Å². The first-order chi connectivity index (χ1) is 15.9. The molecule has 1 aliphatic rings. The molecule has 0 saturated heterocycles. The predicted octanol–water partition coefficient (Wildman–Crippen LogP) is 2.74. The summed E-state index contributed by atoms with van der Waals surface area (Å²) in [6.07, 6.45) is 7.72. The van der Waals surface area contributed by atoms with E-state index in [0.717, 1.165) is 22.4 Å². The van der Waals surface area contributed by atoms with Crippen molar-refractivity contribution >= 4 is 29.6 Å². The quantitative estimate of drug-likeness (QED) is 0.375. The van der Waals surface area contributed by atoms with Crippen molar-refractivity contribution in [3.8, 4) is 11.4 Å². The zero-order valence-corrected chi connectivity index (χ0v) is 18.3. The molecule has 0 bridgehead atoms. The molecule has 33 heavy (non-hydrogen) atoms. The van der Waals surface area contributed by atoms with Gasteiger partial charge in [0.2, 0.25) is 11.8 Å². The highest BCUT2D eigenvalue weighted by Gasteiger charge is 2.41. The van der Waals surface area contributed by atoms with Crippen LogP contribution in [0.4, 0.5) is 16.0 Å². The molecule has 0 spiro atoms. The Morgan fingerprint density at radius 1 is 1.36 bits per heavy atom. The normalized spacial score (nSPS) is 14.3. The van der Waals surface area contributed by atoms with Crippen molar-refractivity contribution in [2.75, 3.05) is 12.0 Å². The number of alkyl halides is 1. The van der Waals surface area contributed by atoms with Gasteiger partial charge in [-0.25, -0.2) is 15.0 Å². The summed E-state index contributed by atoms with van der Waals surface area (Å²) in [4.78, 5) is 28.8. The van der Waals surface area contributed by atoms with E-state index in [0.29, 0.717) is 24.6 Å². The van der Waals surface area contributed by atoms with E-state index in [1.165, 1.54) is 12.5 Å². The number of anilines is 2. The van der Waals surface area contributed by atoms with Crippen molar-refractivity contribution in [1.29, 1.82) is 5.41 Å². The van der Waals surface area contributed by atoms with Crippen LogP contribution >= 0.6 is 0 Å². The number of amides is 1. The lowest BCUT2D eigenvalue weighted by Gasteiger charge is -2.10. The third kappa shape index (κ3) is 5.43. The van der Waals surface area contributed by atoms with Crippen molar-refractivity contribution in [2.45, 2.75) is 26.3 Å². The summed E-state index contributed by atoms with van der Waals surface area (Å²) in [5.41, 5.74) is 2.82. The summed E-state index contributed by atoms with van der Waals surface area (Å²) in [7, 11) is 1.82. The molecule has 0 unspecified atom stereocenters. The standard InChI is InChI=1S/C22H24FN9O/c1-14-7-15(19-27-13-28-21(31-19)30-17-9-29-32(2)10-17)3-4-16(14)8-25-20(33)18(24)26-12-22(11-23)5-6-22/h3-4,7,9-10,12-13,24H,5-6,8,11H2,1-2H3,(H,25,33)(H,27,28,30,31). The van der Waals surface area contributed by atoms with E-state index < -0.39 is 23.8 Å². The van der Waals surface area contributed by atoms with E-state index in [4.69, 9.17) is 5.41 Å². The lowest BCUT2D eigenvalue weighted by atomic mass is 10.0. The van der Waals surface area contributed by atoms with Crippen molar-refractivity contribution in [2.24, 2.45) is 17.5 Å². The van der Waals surface area contributed by atoms with Crippen molar-refractivity contribution < 1.29 is 9.18 Å². The molecule has 0 aliphatic heterocycles. The molecule has 3 aromatic rings. The van der Waals surface area contributed by atoms with Crippen LogP contribution in [0.15, 0.2) is 41.9 Å². The van der Waals surface area contributed by atoms with Gasteiger partial charge in [0.25, 0.3) is 5.91 Å². The molecule has 0 radical (unpaired) electrons. The van der Waals surface area contributed by atoms with Crippen LogP contribution in [0.2, 0.25) is 0 Å². The maximum atomic E-state index is 12.9. The summed E-state index contributed by atoms with van der Waals surface area (Å²) in [6.45, 7) is 1.64. The fourth-order valence-electron chi connectivity index (χ4n) is 3.12. The second-order valence-corrected chi connectivity index (χ2v) is 8.09. The number of aromatic nitrogens is 5. The third-order valence-electron chi connectivity index (χ3n) is 5.41. The molecule has 3 N–H and O–H groups in total. The molecule has 2 heterocycles. The lowest BCUT2D eigenvalue weighted by Crippen LogP contribution is -2.29. The van der Waals surface area contributed by atoms with Gasteiger partial charge in [0.05, 0.1) is 18.6 Å². The van der Waals surface area contributed by atoms with Crippen molar-refractivity contribution in [1.82, 2.24) is 30.0 Å². The molecule has 1 saturated carbocycles. The predicted molar refractivity (Wildman–Crippen MR) is 122 cm³/mol. The molecule has 2 aromatic heterocycles. The van der Waals surface area contributed by atoms with E-state index in [-0.39, 0.29) is 6.54 Å². The maximum absolute atomic E-state index is 12.9. The summed E-state index contributed by atoms with van der Waals surface area (Å²) in [5.74, 6) is -0.120. The number of nitrogens with zero attached hydrogens (tertiary/aromatic N) is 6. The number of benzene rings is 1. The van der Waals surface area contributed by atoms with Crippen LogP contribution in [0.5, 0.6) is 0 Å². The second kappa shape index (κ2) is 9.23. The Morgan fingerprint density at radius 2 is 2.18 bits per heavy atom. The average molecular weight is 449 g/mol. The van der Waals surface area contributed by atoms with Gasteiger partial charge in [-0.1, -0.05) is 12.1 Å². The average Bonchev–Trinajstić information content (AvgIpc) is 3.50. The Bertz CT molecular complexity index is 1220. The first kappa shape index (κ1) is 22.2. The van der Waals surface area contributed by atoms with Gasteiger partial charge >= 0.3 is 0 Å². The van der Waals surface area contributed by atoms with Crippen LogP contribution in [-0.4, -0.2) is 49.4 Å². The molecule has 170 valence electrons. The zero-order chi connectivity index (χ0) is 23.4. The van der Waals surface area contributed by atoms with Crippen molar-refractivity contribution in [3.63, 3.8) is 0 Å². The number of halogens is 1. The number of aliphatic imine (C=N–C) groups is 1. The van der Waals surface area contributed by atoms with Crippen molar-refractivity contribution in [3.05, 3.63) is 48.0 Å². The van der Waals surface area contributed by atoms with Crippen LogP contribution in [0.25, 0.3) is 11.4 Å². The monoisotopic (exact) mass is 449 g/mol. The third-order valence-corrected chi connectivity index (χ3v) is 5.41. The van der Waals surface area contributed by atoms with E-state index >= 15 is 0 Å². The Hall–Kier alpha value is -4.02. The minimum atomic E-state index is -0.604. The number of carbonyl (C=O) groups is 1. The van der Waals surface area contributed by atoms with Crippen LogP contribution in [0.3, 0.4) is 0 Å². The molecule has 4 rings (SSSR count). The first-order valence-corrected chi connectivity index (χ1v) is 10.4. The smallest absolute Gasteiger partial charge is 0.288 e. The second-order valence-electron chi connectivity index (χ2n) is 8.09. The number of aryl methyl sites for hydroxylation is 2. The highest BCUT2D eigenvalue weighted by Crippen LogP contribution is 2.44. The largest absolute Gasteiger partial charge is 0.345 e.